The zero-order valence-corrected chi connectivity index (χ0v) is 17.2. The SMILES string of the molecule is CN(CC1CCO1)C(=O)c1cc(F)ccc1OC(C)(C)C(=O)NC1CCOCC1. The minimum atomic E-state index is -1.24. The quantitative estimate of drug-likeness (QED) is 0.748. The van der Waals surface area contributed by atoms with Crippen LogP contribution in [0.2, 0.25) is 0 Å². The van der Waals surface area contributed by atoms with Gasteiger partial charge in [-0.25, -0.2) is 4.39 Å². The van der Waals surface area contributed by atoms with E-state index >= 15 is 0 Å². The van der Waals surface area contributed by atoms with E-state index in [-0.39, 0.29) is 35.3 Å². The number of hydrogen-bond acceptors (Lipinski definition) is 5. The largest absolute Gasteiger partial charge is 0.477 e. The highest BCUT2D eigenvalue weighted by molar-refractivity contribution is 5.97. The van der Waals surface area contributed by atoms with Gasteiger partial charge in [-0.3, -0.25) is 9.59 Å². The molecule has 2 heterocycles. The molecule has 0 aliphatic carbocycles. The summed E-state index contributed by atoms with van der Waals surface area (Å²) in [7, 11) is 1.64. The van der Waals surface area contributed by atoms with E-state index in [9.17, 15) is 14.0 Å². The second-order valence-electron chi connectivity index (χ2n) is 8.08. The number of hydrogen-bond donors (Lipinski definition) is 1. The lowest BCUT2D eigenvalue weighted by Gasteiger charge is -2.32. The summed E-state index contributed by atoms with van der Waals surface area (Å²) in [5.74, 6) is -1.04. The van der Waals surface area contributed by atoms with Gasteiger partial charge in [-0.1, -0.05) is 0 Å². The number of rotatable bonds is 7. The lowest BCUT2D eigenvalue weighted by Crippen LogP contribution is -2.51. The highest BCUT2D eigenvalue weighted by Gasteiger charge is 2.34. The van der Waals surface area contributed by atoms with E-state index in [1.165, 1.54) is 17.0 Å². The molecule has 1 aromatic carbocycles. The maximum absolute atomic E-state index is 13.9. The average Bonchev–Trinajstić information content (AvgIpc) is 2.66. The number of nitrogens with zero attached hydrogens (tertiary/aromatic N) is 1. The third kappa shape index (κ3) is 5.45. The fourth-order valence-electron chi connectivity index (χ4n) is 3.30. The molecule has 0 saturated carbocycles. The van der Waals surface area contributed by atoms with Crippen molar-refractivity contribution in [3.05, 3.63) is 29.6 Å². The van der Waals surface area contributed by atoms with Gasteiger partial charge in [0.15, 0.2) is 5.60 Å². The Balaban J connectivity index is 1.71. The van der Waals surface area contributed by atoms with Gasteiger partial charge in [-0.05, 0) is 51.3 Å². The van der Waals surface area contributed by atoms with Crippen molar-refractivity contribution in [2.24, 2.45) is 0 Å². The van der Waals surface area contributed by atoms with Gasteiger partial charge in [0.1, 0.15) is 11.6 Å². The van der Waals surface area contributed by atoms with Gasteiger partial charge < -0.3 is 24.4 Å². The number of carbonyl (C=O) groups excluding carboxylic acids is 2. The number of amides is 2. The van der Waals surface area contributed by atoms with Crippen LogP contribution in [0.4, 0.5) is 4.39 Å². The topological polar surface area (TPSA) is 77.1 Å². The number of likely N-dealkylation sites (N-methyl/N-ethyl adjacent to an activating group) is 1. The van der Waals surface area contributed by atoms with Crippen molar-refractivity contribution in [3.8, 4) is 5.75 Å². The zero-order chi connectivity index (χ0) is 21.0. The standard InChI is InChI=1S/C21H29FN2O5/c1-21(2,20(26)23-15-6-9-27-10-7-15)29-18-5-4-14(22)12-17(18)19(25)24(3)13-16-8-11-28-16/h4-5,12,15-16H,6-11,13H2,1-3H3,(H,23,26). The van der Waals surface area contributed by atoms with E-state index in [4.69, 9.17) is 14.2 Å². The monoisotopic (exact) mass is 408 g/mol. The molecule has 0 spiro atoms. The van der Waals surface area contributed by atoms with Gasteiger partial charge in [0.25, 0.3) is 11.8 Å². The Morgan fingerprint density at radius 2 is 1.93 bits per heavy atom. The molecule has 160 valence electrons. The molecule has 0 radical (unpaired) electrons. The molecular weight excluding hydrogens is 379 g/mol. The first-order valence-electron chi connectivity index (χ1n) is 10.0. The third-order valence-corrected chi connectivity index (χ3v) is 5.26. The number of benzene rings is 1. The number of ether oxygens (including phenoxy) is 3. The predicted octanol–water partition coefficient (Wildman–Crippen LogP) is 2.14. The lowest BCUT2D eigenvalue weighted by molar-refractivity contribution is -0.135. The molecule has 0 bridgehead atoms. The van der Waals surface area contributed by atoms with Crippen LogP contribution in [0.15, 0.2) is 18.2 Å². The van der Waals surface area contributed by atoms with Crippen LogP contribution in [0, 0.1) is 5.82 Å². The van der Waals surface area contributed by atoms with Gasteiger partial charge in [0, 0.05) is 39.5 Å². The molecule has 2 aliphatic heterocycles. The Morgan fingerprint density at radius 1 is 1.24 bits per heavy atom. The van der Waals surface area contributed by atoms with Gasteiger partial charge >= 0.3 is 0 Å². The van der Waals surface area contributed by atoms with E-state index in [2.05, 4.69) is 5.32 Å². The number of carbonyl (C=O) groups is 2. The van der Waals surface area contributed by atoms with Crippen LogP contribution >= 0.6 is 0 Å². The molecular formula is C21H29FN2O5. The number of halogens is 1. The van der Waals surface area contributed by atoms with Crippen LogP contribution < -0.4 is 10.1 Å². The average molecular weight is 408 g/mol. The Kier molecular flexibility index (Phi) is 6.74. The highest BCUT2D eigenvalue weighted by atomic mass is 19.1. The molecule has 7 nitrogen and oxygen atoms in total. The molecule has 3 rings (SSSR count). The molecule has 1 N–H and O–H groups in total. The molecule has 1 aromatic rings. The molecule has 2 amide bonds. The highest BCUT2D eigenvalue weighted by Crippen LogP contribution is 2.26. The summed E-state index contributed by atoms with van der Waals surface area (Å²) in [5.41, 5.74) is -1.15. The van der Waals surface area contributed by atoms with Crippen molar-refractivity contribution in [1.82, 2.24) is 10.2 Å². The minimum absolute atomic E-state index is 0.00330. The summed E-state index contributed by atoms with van der Waals surface area (Å²) in [4.78, 5) is 27.1. The normalized spacial score (nSPS) is 19.9. The van der Waals surface area contributed by atoms with Crippen LogP contribution in [-0.2, 0) is 14.3 Å². The van der Waals surface area contributed by atoms with E-state index < -0.39 is 11.4 Å². The van der Waals surface area contributed by atoms with Gasteiger partial charge in [-0.15, -0.1) is 0 Å². The van der Waals surface area contributed by atoms with Gasteiger partial charge in [-0.2, -0.15) is 0 Å². The Hall–Kier alpha value is -2.19. The van der Waals surface area contributed by atoms with Crippen molar-refractivity contribution in [1.29, 1.82) is 0 Å². The van der Waals surface area contributed by atoms with Crippen LogP contribution in [0.5, 0.6) is 5.75 Å². The molecule has 1 atom stereocenters. The van der Waals surface area contributed by atoms with Crippen molar-refractivity contribution in [2.45, 2.75) is 50.9 Å². The van der Waals surface area contributed by atoms with Gasteiger partial charge in [0.2, 0.25) is 0 Å². The van der Waals surface area contributed by atoms with Crippen LogP contribution in [0.25, 0.3) is 0 Å². The first kappa shape index (κ1) is 21.5. The van der Waals surface area contributed by atoms with Gasteiger partial charge in [0.05, 0.1) is 11.7 Å². The molecule has 0 aromatic heterocycles. The molecule has 29 heavy (non-hydrogen) atoms. The minimum Gasteiger partial charge on any atom is -0.477 e. The van der Waals surface area contributed by atoms with Crippen molar-refractivity contribution >= 4 is 11.8 Å². The summed E-state index contributed by atoms with van der Waals surface area (Å²) in [6, 6.07) is 3.78. The Bertz CT molecular complexity index is 745. The Labute approximate surface area is 170 Å². The van der Waals surface area contributed by atoms with E-state index in [1.54, 1.807) is 20.9 Å². The fourth-order valence-corrected chi connectivity index (χ4v) is 3.30. The second kappa shape index (κ2) is 9.09. The maximum atomic E-state index is 13.9. The predicted molar refractivity (Wildman–Crippen MR) is 104 cm³/mol. The maximum Gasteiger partial charge on any atom is 0.263 e. The first-order chi connectivity index (χ1) is 13.8. The molecule has 2 saturated heterocycles. The van der Waals surface area contributed by atoms with E-state index in [1.807, 2.05) is 0 Å². The first-order valence-corrected chi connectivity index (χ1v) is 10.0. The summed E-state index contributed by atoms with van der Waals surface area (Å²) in [5, 5.41) is 2.97. The van der Waals surface area contributed by atoms with Crippen LogP contribution in [0.3, 0.4) is 0 Å². The van der Waals surface area contributed by atoms with E-state index in [0.29, 0.717) is 26.4 Å². The molecule has 2 fully saturated rings. The van der Waals surface area contributed by atoms with Crippen LogP contribution in [0.1, 0.15) is 43.5 Å². The zero-order valence-electron chi connectivity index (χ0n) is 17.2. The summed E-state index contributed by atoms with van der Waals surface area (Å²) in [6.45, 7) is 5.59. The summed E-state index contributed by atoms with van der Waals surface area (Å²) in [6.07, 6.45) is 2.39. The van der Waals surface area contributed by atoms with Crippen molar-refractivity contribution in [2.75, 3.05) is 33.4 Å². The summed E-state index contributed by atoms with van der Waals surface area (Å²) >= 11 is 0. The molecule has 1 unspecified atom stereocenters. The van der Waals surface area contributed by atoms with Crippen LogP contribution in [-0.4, -0.2) is 67.9 Å². The second-order valence-corrected chi connectivity index (χ2v) is 8.08. The van der Waals surface area contributed by atoms with E-state index in [0.717, 1.165) is 25.3 Å². The number of nitrogens with one attached hydrogen (secondary N) is 1. The summed E-state index contributed by atoms with van der Waals surface area (Å²) < 4.78 is 30.5. The Morgan fingerprint density at radius 3 is 2.55 bits per heavy atom. The van der Waals surface area contributed by atoms with Crippen molar-refractivity contribution < 1.29 is 28.2 Å². The smallest absolute Gasteiger partial charge is 0.263 e. The van der Waals surface area contributed by atoms with Crippen molar-refractivity contribution in [3.63, 3.8) is 0 Å². The molecule has 2 aliphatic rings. The third-order valence-electron chi connectivity index (χ3n) is 5.26. The lowest BCUT2D eigenvalue weighted by atomic mass is 10.0. The molecule has 8 heteroatoms. The fraction of sp³-hybridized carbons (Fsp3) is 0.619.